The van der Waals surface area contributed by atoms with Crippen molar-refractivity contribution in [1.82, 2.24) is 0 Å². The van der Waals surface area contributed by atoms with Crippen LogP contribution in [-0.2, 0) is 4.79 Å². The van der Waals surface area contributed by atoms with Gasteiger partial charge in [-0.3, -0.25) is 4.79 Å². The summed E-state index contributed by atoms with van der Waals surface area (Å²) in [7, 11) is 0. The Hall–Kier alpha value is -0.530. The molecule has 0 heterocycles. The van der Waals surface area contributed by atoms with Crippen molar-refractivity contribution >= 4 is 5.91 Å². The molecule has 1 amide bonds. The van der Waals surface area contributed by atoms with E-state index in [1.165, 1.54) is 0 Å². The van der Waals surface area contributed by atoms with Gasteiger partial charge in [0.25, 0.3) is 0 Å². The Kier molecular flexibility index (Phi) is 5.04. The van der Waals surface area contributed by atoms with Crippen LogP contribution in [0.1, 0.15) is 53.4 Å². The summed E-state index contributed by atoms with van der Waals surface area (Å²) < 4.78 is 0. The minimum atomic E-state index is -0.260. The highest BCUT2D eigenvalue weighted by molar-refractivity contribution is 5.81. The fourth-order valence-corrected chi connectivity index (χ4v) is 2.15. The molecule has 2 nitrogen and oxygen atoms in total. The van der Waals surface area contributed by atoms with Crippen LogP contribution < -0.4 is 5.73 Å². The smallest absolute Gasteiger partial charge is 0.223 e. The molecule has 0 aromatic rings. The minimum Gasteiger partial charge on any atom is -0.369 e. The number of amides is 1. The van der Waals surface area contributed by atoms with E-state index in [-0.39, 0.29) is 11.3 Å². The van der Waals surface area contributed by atoms with E-state index in [0.717, 1.165) is 25.7 Å². The van der Waals surface area contributed by atoms with E-state index in [2.05, 4.69) is 27.7 Å². The molecule has 0 rings (SSSR count). The van der Waals surface area contributed by atoms with Crippen molar-refractivity contribution in [2.45, 2.75) is 53.4 Å². The molecule has 0 bridgehead atoms. The summed E-state index contributed by atoms with van der Waals surface area (Å²) in [6.45, 7) is 8.42. The monoisotopic (exact) mass is 185 g/mol. The first-order chi connectivity index (χ1) is 6.05. The summed E-state index contributed by atoms with van der Waals surface area (Å²) in [6.07, 6.45) is 3.84. The van der Waals surface area contributed by atoms with E-state index in [9.17, 15) is 4.79 Å². The quantitative estimate of drug-likeness (QED) is 0.679. The highest BCUT2D eigenvalue weighted by Crippen LogP contribution is 2.37. The molecule has 2 heteroatoms. The Labute approximate surface area is 81.9 Å². The van der Waals surface area contributed by atoms with Crippen molar-refractivity contribution in [1.29, 1.82) is 0 Å². The van der Waals surface area contributed by atoms with Crippen LogP contribution in [0.3, 0.4) is 0 Å². The van der Waals surface area contributed by atoms with Gasteiger partial charge in [0, 0.05) is 0 Å². The maximum absolute atomic E-state index is 11.5. The van der Waals surface area contributed by atoms with Gasteiger partial charge in [-0.1, -0.05) is 40.5 Å². The SMILES string of the molecule is CCCC(CC)(C(N)=O)C(C)CC. The van der Waals surface area contributed by atoms with Gasteiger partial charge in [0.1, 0.15) is 0 Å². The topological polar surface area (TPSA) is 43.1 Å². The average Bonchev–Trinajstić information content (AvgIpc) is 2.12. The largest absolute Gasteiger partial charge is 0.369 e. The number of nitrogens with two attached hydrogens (primary N) is 1. The molecule has 0 aromatic carbocycles. The van der Waals surface area contributed by atoms with Crippen molar-refractivity contribution in [3.05, 3.63) is 0 Å². The molecule has 78 valence electrons. The van der Waals surface area contributed by atoms with Crippen LogP contribution in [0, 0.1) is 11.3 Å². The maximum atomic E-state index is 11.5. The second-order valence-electron chi connectivity index (χ2n) is 3.93. The second kappa shape index (κ2) is 5.25. The third kappa shape index (κ3) is 2.45. The van der Waals surface area contributed by atoms with Crippen molar-refractivity contribution in [3.8, 4) is 0 Å². The number of hydrogen-bond donors (Lipinski definition) is 1. The number of carbonyl (C=O) groups is 1. The first-order valence-electron chi connectivity index (χ1n) is 5.35. The van der Waals surface area contributed by atoms with Gasteiger partial charge in [-0.25, -0.2) is 0 Å². The van der Waals surface area contributed by atoms with Crippen LogP contribution in [0.25, 0.3) is 0 Å². The van der Waals surface area contributed by atoms with Gasteiger partial charge in [-0.05, 0) is 18.8 Å². The van der Waals surface area contributed by atoms with Gasteiger partial charge in [0.2, 0.25) is 5.91 Å². The predicted molar refractivity (Wildman–Crippen MR) is 56.3 cm³/mol. The van der Waals surface area contributed by atoms with E-state index >= 15 is 0 Å². The van der Waals surface area contributed by atoms with E-state index in [0.29, 0.717) is 5.92 Å². The first kappa shape index (κ1) is 12.5. The van der Waals surface area contributed by atoms with Gasteiger partial charge in [-0.2, -0.15) is 0 Å². The molecule has 0 fully saturated rings. The molecule has 0 spiro atoms. The third-order valence-electron chi connectivity index (χ3n) is 3.37. The summed E-state index contributed by atoms with van der Waals surface area (Å²) in [5, 5.41) is 0. The number of carbonyl (C=O) groups excluding carboxylic acids is 1. The zero-order valence-corrected chi connectivity index (χ0v) is 9.39. The summed E-state index contributed by atoms with van der Waals surface area (Å²) in [5.74, 6) is 0.279. The molecular formula is C11H23NO. The van der Waals surface area contributed by atoms with E-state index in [1.54, 1.807) is 0 Å². The average molecular weight is 185 g/mol. The highest BCUT2D eigenvalue weighted by Gasteiger charge is 2.38. The molecule has 2 atom stereocenters. The van der Waals surface area contributed by atoms with Crippen molar-refractivity contribution < 1.29 is 4.79 Å². The molecular weight excluding hydrogens is 162 g/mol. The molecule has 0 saturated carbocycles. The lowest BCUT2D eigenvalue weighted by atomic mass is 9.69. The van der Waals surface area contributed by atoms with Gasteiger partial charge in [-0.15, -0.1) is 0 Å². The van der Waals surface area contributed by atoms with Gasteiger partial charge < -0.3 is 5.73 Å². The molecule has 0 radical (unpaired) electrons. The van der Waals surface area contributed by atoms with Crippen LogP contribution in [0.4, 0.5) is 0 Å². The molecule has 0 aliphatic carbocycles. The molecule has 0 aliphatic rings. The normalized spacial score (nSPS) is 17.8. The van der Waals surface area contributed by atoms with Crippen molar-refractivity contribution in [2.75, 3.05) is 0 Å². The van der Waals surface area contributed by atoms with Crippen molar-refractivity contribution in [2.24, 2.45) is 17.1 Å². The van der Waals surface area contributed by atoms with Crippen LogP contribution in [-0.4, -0.2) is 5.91 Å². The zero-order chi connectivity index (χ0) is 10.5. The van der Waals surface area contributed by atoms with E-state index < -0.39 is 0 Å². The Morgan fingerprint density at radius 1 is 1.38 bits per heavy atom. The van der Waals surface area contributed by atoms with Crippen LogP contribution >= 0.6 is 0 Å². The minimum absolute atomic E-state index is 0.119. The summed E-state index contributed by atoms with van der Waals surface area (Å²) in [6, 6.07) is 0. The lowest BCUT2D eigenvalue weighted by Crippen LogP contribution is -2.41. The fraction of sp³-hybridized carbons (Fsp3) is 0.909. The fourth-order valence-electron chi connectivity index (χ4n) is 2.15. The van der Waals surface area contributed by atoms with Crippen molar-refractivity contribution in [3.63, 3.8) is 0 Å². The predicted octanol–water partition coefficient (Wildman–Crippen LogP) is 2.71. The van der Waals surface area contributed by atoms with Gasteiger partial charge in [0.15, 0.2) is 0 Å². The summed E-state index contributed by atoms with van der Waals surface area (Å²) in [4.78, 5) is 11.5. The molecule has 13 heavy (non-hydrogen) atoms. The molecule has 2 unspecified atom stereocenters. The van der Waals surface area contributed by atoms with Gasteiger partial charge in [0.05, 0.1) is 5.41 Å². The second-order valence-corrected chi connectivity index (χ2v) is 3.93. The molecule has 2 N–H and O–H groups in total. The molecule has 0 aromatic heterocycles. The zero-order valence-electron chi connectivity index (χ0n) is 9.39. The standard InChI is InChI=1S/C11H23NO/c1-5-8-11(7-3,10(12)13)9(4)6-2/h9H,5-8H2,1-4H3,(H2,12,13). The molecule has 0 aliphatic heterocycles. The van der Waals surface area contributed by atoms with Crippen LogP contribution in [0.5, 0.6) is 0 Å². The highest BCUT2D eigenvalue weighted by atomic mass is 16.1. The van der Waals surface area contributed by atoms with E-state index in [4.69, 9.17) is 5.73 Å². The Morgan fingerprint density at radius 3 is 2.15 bits per heavy atom. The number of rotatable bonds is 6. The summed E-state index contributed by atoms with van der Waals surface area (Å²) in [5.41, 5.74) is 5.25. The Balaban J connectivity index is 4.74. The van der Waals surface area contributed by atoms with Crippen LogP contribution in [0.15, 0.2) is 0 Å². The lowest BCUT2D eigenvalue weighted by molar-refractivity contribution is -0.131. The number of primary amides is 1. The Morgan fingerprint density at radius 2 is 1.92 bits per heavy atom. The number of hydrogen-bond acceptors (Lipinski definition) is 1. The Bertz CT molecular complexity index is 167. The van der Waals surface area contributed by atoms with E-state index in [1.807, 2.05) is 0 Å². The van der Waals surface area contributed by atoms with Crippen LogP contribution in [0.2, 0.25) is 0 Å². The lowest BCUT2D eigenvalue weighted by Gasteiger charge is -2.34. The summed E-state index contributed by atoms with van der Waals surface area (Å²) >= 11 is 0. The maximum Gasteiger partial charge on any atom is 0.223 e. The first-order valence-corrected chi connectivity index (χ1v) is 5.35. The third-order valence-corrected chi connectivity index (χ3v) is 3.37. The van der Waals surface area contributed by atoms with Gasteiger partial charge >= 0.3 is 0 Å². The molecule has 0 saturated heterocycles.